The van der Waals surface area contributed by atoms with Gasteiger partial charge in [-0.25, -0.2) is 4.98 Å². The van der Waals surface area contributed by atoms with Gasteiger partial charge in [0.2, 0.25) is 0 Å². The molecule has 0 atom stereocenters. The second-order valence-electron chi connectivity index (χ2n) is 8.44. The fraction of sp³-hybridized carbons (Fsp3) is 0.0645. The van der Waals surface area contributed by atoms with Crippen LogP contribution in [0.3, 0.4) is 0 Å². The van der Waals surface area contributed by atoms with E-state index in [0.717, 1.165) is 45.7 Å². The largest absolute Gasteiger partial charge is 0.497 e. The average Bonchev–Trinajstić information content (AvgIpc) is 3.22. The standard InChI is InChI=1S/C31H24N2O/c1-34-25-18-16-24(17-19-25)30-27(23-12-6-3-7-13-23)20-29-31(32-30)26-14-8-9-15-28(26)33(29)21-22-10-4-2-5-11-22/h2-20H,21H2,1H3. The Balaban J connectivity index is 1.65. The van der Waals surface area contributed by atoms with Crippen molar-refractivity contribution in [3.8, 4) is 28.1 Å². The van der Waals surface area contributed by atoms with E-state index in [9.17, 15) is 0 Å². The van der Waals surface area contributed by atoms with E-state index in [2.05, 4.69) is 108 Å². The van der Waals surface area contributed by atoms with E-state index in [1.54, 1.807) is 7.11 Å². The Hall–Kier alpha value is -4.37. The minimum absolute atomic E-state index is 0.794. The number of methoxy groups -OCH3 is 1. The highest BCUT2D eigenvalue weighted by molar-refractivity contribution is 6.08. The van der Waals surface area contributed by atoms with Gasteiger partial charge in [0.05, 0.1) is 29.4 Å². The highest BCUT2D eigenvalue weighted by Crippen LogP contribution is 2.37. The highest BCUT2D eigenvalue weighted by atomic mass is 16.5. The third kappa shape index (κ3) is 3.52. The van der Waals surface area contributed by atoms with Crippen molar-refractivity contribution >= 4 is 21.9 Å². The Labute approximate surface area is 198 Å². The maximum atomic E-state index is 5.38. The fourth-order valence-corrected chi connectivity index (χ4v) is 4.69. The summed E-state index contributed by atoms with van der Waals surface area (Å²) in [6, 6.07) is 40.1. The molecule has 0 spiro atoms. The first kappa shape index (κ1) is 20.3. The first-order valence-corrected chi connectivity index (χ1v) is 11.5. The van der Waals surface area contributed by atoms with Gasteiger partial charge in [-0.05, 0) is 47.5 Å². The third-order valence-corrected chi connectivity index (χ3v) is 6.37. The molecule has 0 amide bonds. The van der Waals surface area contributed by atoms with Gasteiger partial charge in [-0.15, -0.1) is 0 Å². The van der Waals surface area contributed by atoms with Crippen LogP contribution >= 0.6 is 0 Å². The lowest BCUT2D eigenvalue weighted by atomic mass is 9.98. The summed E-state index contributed by atoms with van der Waals surface area (Å²) >= 11 is 0. The van der Waals surface area contributed by atoms with E-state index >= 15 is 0 Å². The Morgan fingerprint density at radius 2 is 1.35 bits per heavy atom. The number of hydrogen-bond donors (Lipinski definition) is 0. The van der Waals surface area contributed by atoms with Crippen molar-refractivity contribution in [2.24, 2.45) is 0 Å². The van der Waals surface area contributed by atoms with Crippen LogP contribution in [0.15, 0.2) is 115 Å². The summed E-state index contributed by atoms with van der Waals surface area (Å²) < 4.78 is 7.77. The molecule has 0 aliphatic rings. The normalized spacial score (nSPS) is 11.2. The van der Waals surface area contributed by atoms with Crippen LogP contribution in [0.4, 0.5) is 0 Å². The molecule has 2 heterocycles. The molecule has 2 aromatic heterocycles. The molecule has 0 unspecified atom stereocenters. The number of rotatable bonds is 5. The lowest BCUT2D eigenvalue weighted by Crippen LogP contribution is -2.00. The Morgan fingerprint density at radius 1 is 0.676 bits per heavy atom. The average molecular weight is 441 g/mol. The molecule has 6 rings (SSSR count). The Morgan fingerprint density at radius 3 is 2.09 bits per heavy atom. The number of ether oxygens (including phenoxy) is 1. The summed E-state index contributed by atoms with van der Waals surface area (Å²) in [6.07, 6.45) is 0. The summed E-state index contributed by atoms with van der Waals surface area (Å²) in [5, 5.41) is 1.17. The highest BCUT2D eigenvalue weighted by Gasteiger charge is 2.18. The zero-order chi connectivity index (χ0) is 22.9. The zero-order valence-corrected chi connectivity index (χ0v) is 19.0. The van der Waals surface area contributed by atoms with Crippen LogP contribution in [0.1, 0.15) is 5.56 Å². The maximum Gasteiger partial charge on any atom is 0.118 e. The number of para-hydroxylation sites is 1. The topological polar surface area (TPSA) is 27.1 Å². The van der Waals surface area contributed by atoms with Crippen molar-refractivity contribution in [3.63, 3.8) is 0 Å². The van der Waals surface area contributed by atoms with E-state index in [1.807, 2.05) is 12.1 Å². The molecule has 3 heteroatoms. The Bertz CT molecular complexity index is 1580. The van der Waals surface area contributed by atoms with Gasteiger partial charge in [-0.1, -0.05) is 78.9 Å². The summed E-state index contributed by atoms with van der Waals surface area (Å²) in [5.74, 6) is 0.838. The summed E-state index contributed by atoms with van der Waals surface area (Å²) in [4.78, 5) is 5.31. The van der Waals surface area contributed by atoms with Crippen molar-refractivity contribution < 1.29 is 4.74 Å². The van der Waals surface area contributed by atoms with Crippen LogP contribution < -0.4 is 4.74 Å². The third-order valence-electron chi connectivity index (χ3n) is 6.37. The second kappa shape index (κ2) is 8.53. The van der Waals surface area contributed by atoms with Crippen molar-refractivity contribution in [1.82, 2.24) is 9.55 Å². The van der Waals surface area contributed by atoms with Gasteiger partial charge in [-0.3, -0.25) is 0 Å². The van der Waals surface area contributed by atoms with Crippen molar-refractivity contribution in [2.75, 3.05) is 7.11 Å². The zero-order valence-electron chi connectivity index (χ0n) is 19.0. The molecule has 0 radical (unpaired) electrons. The van der Waals surface area contributed by atoms with Gasteiger partial charge >= 0.3 is 0 Å². The fourth-order valence-electron chi connectivity index (χ4n) is 4.69. The molecule has 0 N–H and O–H groups in total. The monoisotopic (exact) mass is 440 g/mol. The number of hydrogen-bond acceptors (Lipinski definition) is 2. The second-order valence-corrected chi connectivity index (χ2v) is 8.44. The molecule has 0 saturated heterocycles. The molecule has 0 aliphatic carbocycles. The van der Waals surface area contributed by atoms with Crippen LogP contribution in [0.2, 0.25) is 0 Å². The Kier molecular flexibility index (Phi) is 5.08. The number of benzene rings is 4. The molecule has 0 saturated carbocycles. The minimum atomic E-state index is 0.794. The van der Waals surface area contributed by atoms with Gasteiger partial charge in [-0.2, -0.15) is 0 Å². The molecule has 6 aromatic rings. The van der Waals surface area contributed by atoms with Crippen LogP contribution in [-0.4, -0.2) is 16.7 Å². The predicted molar refractivity (Wildman–Crippen MR) is 140 cm³/mol. The summed E-state index contributed by atoms with van der Waals surface area (Å²) in [6.45, 7) is 0.794. The smallest absolute Gasteiger partial charge is 0.118 e. The summed E-state index contributed by atoms with van der Waals surface area (Å²) in [7, 11) is 1.69. The molecule has 34 heavy (non-hydrogen) atoms. The first-order chi connectivity index (χ1) is 16.8. The van der Waals surface area contributed by atoms with E-state index < -0.39 is 0 Å². The van der Waals surface area contributed by atoms with Crippen molar-refractivity contribution in [2.45, 2.75) is 6.54 Å². The van der Waals surface area contributed by atoms with Gasteiger partial charge in [0.1, 0.15) is 5.75 Å². The molecule has 4 aromatic carbocycles. The lowest BCUT2D eigenvalue weighted by molar-refractivity contribution is 0.415. The van der Waals surface area contributed by atoms with Gasteiger partial charge in [0, 0.05) is 23.1 Å². The first-order valence-electron chi connectivity index (χ1n) is 11.5. The van der Waals surface area contributed by atoms with Crippen LogP contribution in [0.5, 0.6) is 5.75 Å². The predicted octanol–water partition coefficient (Wildman–Crippen LogP) is 7.58. The molecule has 3 nitrogen and oxygen atoms in total. The molecular formula is C31H24N2O. The van der Waals surface area contributed by atoms with Crippen molar-refractivity contribution in [1.29, 1.82) is 0 Å². The number of nitrogens with zero attached hydrogens (tertiary/aromatic N) is 2. The molecule has 0 fully saturated rings. The quantitative estimate of drug-likeness (QED) is 0.276. The van der Waals surface area contributed by atoms with Gasteiger partial charge < -0.3 is 9.30 Å². The van der Waals surface area contributed by atoms with Crippen LogP contribution in [-0.2, 0) is 6.54 Å². The van der Waals surface area contributed by atoms with E-state index in [4.69, 9.17) is 9.72 Å². The van der Waals surface area contributed by atoms with Crippen LogP contribution in [0.25, 0.3) is 44.3 Å². The number of aromatic nitrogens is 2. The van der Waals surface area contributed by atoms with Gasteiger partial charge in [0.25, 0.3) is 0 Å². The SMILES string of the molecule is COc1ccc(-c2nc3c4ccccc4n(Cc4ccccc4)c3cc2-c2ccccc2)cc1. The number of fused-ring (bicyclic) bond motifs is 3. The van der Waals surface area contributed by atoms with Crippen LogP contribution in [0, 0.1) is 0 Å². The minimum Gasteiger partial charge on any atom is -0.497 e. The van der Waals surface area contributed by atoms with E-state index in [-0.39, 0.29) is 0 Å². The molecule has 164 valence electrons. The lowest BCUT2D eigenvalue weighted by Gasteiger charge is -2.13. The molecular weight excluding hydrogens is 416 g/mol. The van der Waals surface area contributed by atoms with E-state index in [1.165, 1.54) is 16.5 Å². The summed E-state index contributed by atoms with van der Waals surface area (Å²) in [5.41, 5.74) is 8.95. The van der Waals surface area contributed by atoms with Crippen molar-refractivity contribution in [3.05, 3.63) is 121 Å². The number of pyridine rings is 1. The molecule has 0 bridgehead atoms. The maximum absolute atomic E-state index is 5.38. The van der Waals surface area contributed by atoms with E-state index in [0.29, 0.717) is 0 Å². The van der Waals surface area contributed by atoms with Gasteiger partial charge in [0.15, 0.2) is 0 Å². The molecule has 0 aliphatic heterocycles.